The molecule has 3 rings (SSSR count). The third kappa shape index (κ3) is 4.26. The second kappa shape index (κ2) is 8.47. The second-order valence-electron chi connectivity index (χ2n) is 6.56. The number of halogens is 1. The van der Waals surface area contributed by atoms with Gasteiger partial charge in [0.1, 0.15) is 17.6 Å². The quantitative estimate of drug-likeness (QED) is 0.817. The van der Waals surface area contributed by atoms with Crippen LogP contribution in [0.15, 0.2) is 24.3 Å². The van der Waals surface area contributed by atoms with E-state index in [2.05, 4.69) is 11.4 Å². The van der Waals surface area contributed by atoms with Gasteiger partial charge in [0.25, 0.3) is 5.91 Å². The molecule has 2 aromatic rings. The maximum Gasteiger partial charge on any atom is 0.263 e. The van der Waals surface area contributed by atoms with Gasteiger partial charge in [0, 0.05) is 12.3 Å². The Kier molecular flexibility index (Phi) is 6.04. The van der Waals surface area contributed by atoms with Crippen molar-refractivity contribution in [3.8, 4) is 11.8 Å². The minimum atomic E-state index is -0.350. The highest BCUT2D eigenvalue weighted by atomic mass is 35.5. The average Bonchev–Trinajstić information content (AvgIpc) is 3.24. The lowest BCUT2D eigenvalue weighted by molar-refractivity contribution is -0.118. The molecule has 0 bridgehead atoms. The van der Waals surface area contributed by atoms with Gasteiger partial charge in [-0.15, -0.1) is 0 Å². The molecular weight excluding hydrogens is 366 g/mol. The Morgan fingerprint density at radius 3 is 2.89 bits per heavy atom. The van der Waals surface area contributed by atoms with Crippen molar-refractivity contribution in [2.24, 2.45) is 0 Å². The van der Waals surface area contributed by atoms with Crippen LogP contribution >= 0.6 is 11.6 Å². The Balaban J connectivity index is 1.76. The van der Waals surface area contributed by atoms with Crippen molar-refractivity contribution in [2.75, 3.05) is 18.5 Å². The van der Waals surface area contributed by atoms with Crippen LogP contribution in [0.1, 0.15) is 29.7 Å². The largest absolute Gasteiger partial charge is 0.482 e. The molecule has 6 nitrogen and oxygen atoms in total. The highest BCUT2D eigenvalue weighted by Gasteiger charge is 2.24. The summed E-state index contributed by atoms with van der Waals surface area (Å²) in [6, 6.07) is 9.17. The molecule has 142 valence electrons. The normalized spacial score (nSPS) is 16.1. The van der Waals surface area contributed by atoms with E-state index in [1.54, 1.807) is 24.3 Å². The van der Waals surface area contributed by atoms with Crippen LogP contribution in [0.25, 0.3) is 0 Å². The molecule has 7 heteroatoms. The van der Waals surface area contributed by atoms with Crippen molar-refractivity contribution in [1.82, 2.24) is 4.57 Å². The van der Waals surface area contributed by atoms with Crippen molar-refractivity contribution in [3.63, 3.8) is 0 Å². The number of nitrogens with zero attached hydrogens (tertiary/aromatic N) is 2. The fourth-order valence-corrected chi connectivity index (χ4v) is 3.41. The first-order valence-corrected chi connectivity index (χ1v) is 9.27. The van der Waals surface area contributed by atoms with Crippen molar-refractivity contribution < 1.29 is 14.3 Å². The molecule has 0 radical (unpaired) electrons. The summed E-state index contributed by atoms with van der Waals surface area (Å²) in [4.78, 5) is 12.4. The monoisotopic (exact) mass is 387 g/mol. The van der Waals surface area contributed by atoms with E-state index >= 15 is 0 Å². The number of carbonyl (C=O) groups excluding carboxylic acids is 1. The molecule has 1 aliphatic heterocycles. The Morgan fingerprint density at radius 2 is 2.22 bits per heavy atom. The van der Waals surface area contributed by atoms with Gasteiger partial charge >= 0.3 is 0 Å². The summed E-state index contributed by atoms with van der Waals surface area (Å²) in [5, 5.41) is 12.8. The number of anilines is 1. The van der Waals surface area contributed by atoms with Gasteiger partial charge in [0.05, 0.1) is 23.2 Å². The van der Waals surface area contributed by atoms with Gasteiger partial charge in [-0.05, 0) is 44.4 Å². The third-order valence-electron chi connectivity index (χ3n) is 4.80. The molecule has 1 N–H and O–H groups in total. The standard InChI is InChI=1S/C20H22ClN3O3/c1-13-14(2)24(11-15-6-5-9-26-15)20(16(13)10-22)23-19(25)12-27-18-8-4-3-7-17(18)21/h3-4,7-8,15H,5-6,9,11-12H2,1-2H3,(H,23,25)/t15-/m1/s1. The first kappa shape index (κ1) is 19.3. The Hall–Kier alpha value is -2.49. The SMILES string of the molecule is Cc1c(C#N)c(NC(=O)COc2ccccc2Cl)n(C[C@H]2CCCO2)c1C. The van der Waals surface area contributed by atoms with E-state index in [0.29, 0.717) is 28.7 Å². The van der Waals surface area contributed by atoms with E-state index < -0.39 is 0 Å². The molecule has 1 saturated heterocycles. The van der Waals surface area contributed by atoms with Gasteiger partial charge in [0.2, 0.25) is 0 Å². The first-order chi connectivity index (χ1) is 13.0. The van der Waals surface area contributed by atoms with Crippen LogP contribution in [0, 0.1) is 25.2 Å². The number of hydrogen-bond donors (Lipinski definition) is 1. The number of carbonyl (C=O) groups is 1. The highest BCUT2D eigenvalue weighted by molar-refractivity contribution is 6.32. The maximum absolute atomic E-state index is 12.4. The molecule has 1 atom stereocenters. The van der Waals surface area contributed by atoms with Crippen LogP contribution in [0.3, 0.4) is 0 Å². The van der Waals surface area contributed by atoms with Crippen LogP contribution in [-0.2, 0) is 16.1 Å². The molecule has 1 aromatic carbocycles. The molecule has 0 aliphatic carbocycles. The van der Waals surface area contributed by atoms with Crippen LogP contribution in [-0.4, -0.2) is 29.8 Å². The summed E-state index contributed by atoms with van der Waals surface area (Å²) < 4.78 is 13.2. The topological polar surface area (TPSA) is 76.3 Å². The second-order valence-corrected chi connectivity index (χ2v) is 6.97. The number of nitriles is 1. The number of benzene rings is 1. The predicted octanol–water partition coefficient (Wildman–Crippen LogP) is 3.83. The fourth-order valence-electron chi connectivity index (χ4n) is 3.22. The van der Waals surface area contributed by atoms with Gasteiger partial charge in [-0.25, -0.2) is 0 Å². The van der Waals surface area contributed by atoms with Crippen LogP contribution in [0.4, 0.5) is 5.82 Å². The van der Waals surface area contributed by atoms with Gasteiger partial charge in [-0.2, -0.15) is 5.26 Å². The summed E-state index contributed by atoms with van der Waals surface area (Å²) >= 11 is 6.04. The molecule has 0 unspecified atom stereocenters. The molecule has 0 saturated carbocycles. The van der Waals surface area contributed by atoms with Gasteiger partial charge < -0.3 is 19.4 Å². The van der Waals surface area contributed by atoms with E-state index in [9.17, 15) is 10.1 Å². The van der Waals surface area contributed by atoms with Crippen molar-refractivity contribution in [2.45, 2.75) is 39.3 Å². The van der Waals surface area contributed by atoms with Crippen molar-refractivity contribution in [1.29, 1.82) is 5.26 Å². The lowest BCUT2D eigenvalue weighted by atomic mass is 10.2. The minimum absolute atomic E-state index is 0.0945. The number of nitrogens with one attached hydrogen (secondary N) is 1. The fraction of sp³-hybridized carbons (Fsp3) is 0.400. The molecule has 0 spiro atoms. The van der Waals surface area contributed by atoms with Crippen LogP contribution in [0.5, 0.6) is 5.75 Å². The van der Waals surface area contributed by atoms with Crippen molar-refractivity contribution >= 4 is 23.3 Å². The number of hydrogen-bond acceptors (Lipinski definition) is 4. The van der Waals surface area contributed by atoms with Crippen LogP contribution in [0.2, 0.25) is 5.02 Å². The van der Waals surface area contributed by atoms with Gasteiger partial charge in [0.15, 0.2) is 6.61 Å². The Bertz CT molecular complexity index is 879. The predicted molar refractivity (Wildman–Crippen MR) is 103 cm³/mol. The third-order valence-corrected chi connectivity index (χ3v) is 5.12. The zero-order valence-corrected chi connectivity index (χ0v) is 16.2. The van der Waals surface area contributed by atoms with E-state index in [-0.39, 0.29) is 18.6 Å². The number of rotatable bonds is 6. The maximum atomic E-state index is 12.4. The number of ether oxygens (including phenoxy) is 2. The average molecular weight is 388 g/mol. The molecule has 27 heavy (non-hydrogen) atoms. The summed E-state index contributed by atoms with van der Waals surface area (Å²) in [5.74, 6) is 0.588. The molecule has 1 aliphatic rings. The Morgan fingerprint density at radius 1 is 1.44 bits per heavy atom. The number of para-hydroxylation sites is 1. The van der Waals surface area contributed by atoms with Gasteiger partial charge in [-0.1, -0.05) is 23.7 Å². The smallest absolute Gasteiger partial charge is 0.263 e. The molecular formula is C20H22ClN3O3. The van der Waals surface area contributed by atoms with E-state index in [1.165, 1.54) is 0 Å². The highest BCUT2D eigenvalue weighted by Crippen LogP contribution is 2.28. The molecule has 1 aromatic heterocycles. The van der Waals surface area contributed by atoms with Crippen molar-refractivity contribution in [3.05, 3.63) is 46.1 Å². The zero-order valence-electron chi connectivity index (χ0n) is 15.4. The lowest BCUT2D eigenvalue weighted by Crippen LogP contribution is -2.24. The first-order valence-electron chi connectivity index (χ1n) is 8.89. The number of amides is 1. The summed E-state index contributed by atoms with van der Waals surface area (Å²) in [6.07, 6.45) is 2.10. The number of aromatic nitrogens is 1. The summed E-state index contributed by atoms with van der Waals surface area (Å²) in [5.41, 5.74) is 2.28. The summed E-state index contributed by atoms with van der Waals surface area (Å²) in [6.45, 7) is 4.99. The zero-order chi connectivity index (χ0) is 19.4. The van der Waals surface area contributed by atoms with E-state index in [1.807, 2.05) is 18.4 Å². The Labute approximate surface area is 163 Å². The molecule has 1 fully saturated rings. The minimum Gasteiger partial charge on any atom is -0.482 e. The molecule has 2 heterocycles. The lowest BCUT2D eigenvalue weighted by Gasteiger charge is -2.17. The van der Waals surface area contributed by atoms with E-state index in [0.717, 1.165) is 30.7 Å². The van der Waals surface area contributed by atoms with Crippen LogP contribution < -0.4 is 10.1 Å². The van der Waals surface area contributed by atoms with E-state index in [4.69, 9.17) is 21.1 Å². The summed E-state index contributed by atoms with van der Waals surface area (Å²) in [7, 11) is 0. The molecule has 1 amide bonds. The van der Waals surface area contributed by atoms with Gasteiger partial charge in [-0.3, -0.25) is 4.79 Å².